The maximum atomic E-state index is 13.1. The molecule has 1 aliphatic rings. The number of amides is 2. The van der Waals surface area contributed by atoms with Crippen molar-refractivity contribution < 1.29 is 22.8 Å². The molecule has 1 heterocycles. The number of carbonyl (C=O) groups excluding carboxylic acids is 2. The average molecular weight is 399 g/mol. The average Bonchev–Trinajstić information content (AvgIpc) is 2.58. The van der Waals surface area contributed by atoms with Crippen LogP contribution in [-0.4, -0.2) is 31.4 Å². The lowest BCUT2D eigenvalue weighted by atomic mass is 9.92. The van der Waals surface area contributed by atoms with Crippen LogP contribution in [-0.2, 0) is 15.8 Å². The number of nitrogens with one attached hydrogen (secondary N) is 2. The highest BCUT2D eigenvalue weighted by Gasteiger charge is 2.32. The molecule has 156 valence electrons. The molecule has 1 fully saturated rings. The molecule has 0 unspecified atom stereocenters. The SMILES string of the molecule is CC(C)(C)CC(=O)NCC(=O)Nc1cc(C(F)(F)F)ccc1N1CCCCC1. The number of benzene rings is 1. The van der Waals surface area contributed by atoms with E-state index in [1.54, 1.807) is 0 Å². The third kappa shape index (κ3) is 6.73. The smallest absolute Gasteiger partial charge is 0.370 e. The highest BCUT2D eigenvalue weighted by atomic mass is 19.4. The Morgan fingerprint density at radius 3 is 2.25 bits per heavy atom. The fraction of sp³-hybridized carbons (Fsp3) is 0.600. The number of halogens is 3. The number of anilines is 2. The van der Waals surface area contributed by atoms with Gasteiger partial charge in [-0.05, 0) is 42.9 Å². The Morgan fingerprint density at radius 2 is 1.68 bits per heavy atom. The summed E-state index contributed by atoms with van der Waals surface area (Å²) in [6.07, 6.45) is -1.25. The maximum Gasteiger partial charge on any atom is 0.416 e. The molecule has 0 spiro atoms. The van der Waals surface area contributed by atoms with E-state index in [0.717, 1.165) is 44.5 Å². The number of alkyl halides is 3. The Morgan fingerprint density at radius 1 is 1.04 bits per heavy atom. The van der Waals surface area contributed by atoms with Crippen LogP contribution in [0.3, 0.4) is 0 Å². The van der Waals surface area contributed by atoms with Gasteiger partial charge >= 0.3 is 6.18 Å². The summed E-state index contributed by atoms with van der Waals surface area (Å²) in [5.74, 6) is -0.831. The van der Waals surface area contributed by atoms with Gasteiger partial charge in [0.05, 0.1) is 23.5 Å². The Bertz CT molecular complexity index is 706. The molecule has 5 nitrogen and oxygen atoms in total. The van der Waals surface area contributed by atoms with Crippen molar-refractivity contribution in [3.63, 3.8) is 0 Å². The summed E-state index contributed by atoms with van der Waals surface area (Å²) in [4.78, 5) is 26.1. The van der Waals surface area contributed by atoms with Crippen molar-refractivity contribution in [2.45, 2.75) is 52.6 Å². The van der Waals surface area contributed by atoms with Gasteiger partial charge in [0, 0.05) is 19.5 Å². The minimum Gasteiger partial charge on any atom is -0.370 e. The van der Waals surface area contributed by atoms with Crippen LogP contribution in [0.25, 0.3) is 0 Å². The molecule has 28 heavy (non-hydrogen) atoms. The predicted molar refractivity (Wildman–Crippen MR) is 103 cm³/mol. The van der Waals surface area contributed by atoms with E-state index >= 15 is 0 Å². The molecule has 2 rings (SSSR count). The molecular weight excluding hydrogens is 371 g/mol. The summed E-state index contributed by atoms with van der Waals surface area (Å²) in [6.45, 7) is 6.89. The first-order valence-corrected chi connectivity index (χ1v) is 9.48. The molecule has 2 N–H and O–H groups in total. The zero-order valence-corrected chi connectivity index (χ0v) is 16.6. The second-order valence-electron chi connectivity index (χ2n) is 8.34. The van der Waals surface area contributed by atoms with Crippen molar-refractivity contribution in [2.24, 2.45) is 5.41 Å². The van der Waals surface area contributed by atoms with E-state index in [1.165, 1.54) is 6.07 Å². The summed E-state index contributed by atoms with van der Waals surface area (Å²) < 4.78 is 39.3. The Kier molecular flexibility index (Phi) is 6.96. The number of nitrogens with zero attached hydrogens (tertiary/aromatic N) is 1. The van der Waals surface area contributed by atoms with E-state index < -0.39 is 17.6 Å². The standard InChI is InChI=1S/C20H28F3N3O2/c1-19(2,3)12-17(27)24-13-18(28)25-15-11-14(20(21,22)23)7-8-16(15)26-9-5-4-6-10-26/h7-8,11H,4-6,9-10,12-13H2,1-3H3,(H,24,27)(H,25,28). The van der Waals surface area contributed by atoms with E-state index in [-0.39, 0.29) is 30.0 Å². The van der Waals surface area contributed by atoms with Gasteiger partial charge in [-0.1, -0.05) is 20.8 Å². The minimum atomic E-state index is -4.50. The number of rotatable bonds is 5. The van der Waals surface area contributed by atoms with E-state index in [1.807, 2.05) is 25.7 Å². The second-order valence-corrected chi connectivity index (χ2v) is 8.34. The molecule has 0 bridgehead atoms. The maximum absolute atomic E-state index is 13.1. The number of hydrogen-bond acceptors (Lipinski definition) is 3. The van der Waals surface area contributed by atoms with Gasteiger partial charge in [0.25, 0.3) is 0 Å². The lowest BCUT2D eigenvalue weighted by Gasteiger charge is -2.31. The van der Waals surface area contributed by atoms with Crippen LogP contribution >= 0.6 is 0 Å². The van der Waals surface area contributed by atoms with Gasteiger partial charge in [-0.15, -0.1) is 0 Å². The quantitative estimate of drug-likeness (QED) is 0.781. The van der Waals surface area contributed by atoms with E-state index in [2.05, 4.69) is 10.6 Å². The second kappa shape index (κ2) is 8.84. The zero-order valence-electron chi connectivity index (χ0n) is 16.6. The Labute approximate surface area is 163 Å². The molecule has 1 saturated heterocycles. The van der Waals surface area contributed by atoms with Crippen LogP contribution in [0.4, 0.5) is 24.5 Å². The topological polar surface area (TPSA) is 61.4 Å². The van der Waals surface area contributed by atoms with Crippen molar-refractivity contribution in [3.05, 3.63) is 23.8 Å². The molecule has 1 aliphatic heterocycles. The van der Waals surface area contributed by atoms with Crippen LogP contribution in [0.5, 0.6) is 0 Å². The fourth-order valence-corrected chi connectivity index (χ4v) is 3.14. The van der Waals surface area contributed by atoms with Crippen LogP contribution < -0.4 is 15.5 Å². The number of piperidine rings is 1. The van der Waals surface area contributed by atoms with Gasteiger partial charge in [0.1, 0.15) is 0 Å². The summed E-state index contributed by atoms with van der Waals surface area (Å²) in [7, 11) is 0. The van der Waals surface area contributed by atoms with Crippen molar-refractivity contribution in [3.8, 4) is 0 Å². The molecule has 1 aromatic carbocycles. The van der Waals surface area contributed by atoms with Crippen molar-refractivity contribution >= 4 is 23.2 Å². The summed E-state index contributed by atoms with van der Waals surface area (Å²) >= 11 is 0. The third-order valence-electron chi connectivity index (χ3n) is 4.43. The van der Waals surface area contributed by atoms with Crippen molar-refractivity contribution in [2.75, 3.05) is 29.9 Å². The molecule has 0 radical (unpaired) electrons. The molecule has 0 aliphatic carbocycles. The van der Waals surface area contributed by atoms with Crippen LogP contribution in [0.2, 0.25) is 0 Å². The molecule has 0 saturated carbocycles. The first kappa shape index (κ1) is 22.0. The summed E-state index contributed by atoms with van der Waals surface area (Å²) in [5.41, 5.74) is -0.350. The molecule has 8 heteroatoms. The molecule has 0 atom stereocenters. The van der Waals surface area contributed by atoms with Gasteiger partial charge < -0.3 is 15.5 Å². The lowest BCUT2D eigenvalue weighted by Crippen LogP contribution is -2.35. The van der Waals surface area contributed by atoms with Crippen LogP contribution in [0.15, 0.2) is 18.2 Å². The number of hydrogen-bond donors (Lipinski definition) is 2. The summed E-state index contributed by atoms with van der Waals surface area (Å²) in [6, 6.07) is 3.39. The molecule has 0 aromatic heterocycles. The van der Waals surface area contributed by atoms with Gasteiger partial charge in [0.15, 0.2) is 0 Å². The minimum absolute atomic E-state index is 0.117. The van der Waals surface area contributed by atoms with Crippen molar-refractivity contribution in [1.29, 1.82) is 0 Å². The first-order chi connectivity index (χ1) is 13.0. The molecule has 1 aromatic rings. The first-order valence-electron chi connectivity index (χ1n) is 9.48. The molecule has 2 amide bonds. The largest absolute Gasteiger partial charge is 0.416 e. The van der Waals surface area contributed by atoms with Gasteiger partial charge in [-0.25, -0.2) is 0 Å². The number of carbonyl (C=O) groups is 2. The van der Waals surface area contributed by atoms with Gasteiger partial charge in [0.2, 0.25) is 11.8 Å². The van der Waals surface area contributed by atoms with Gasteiger partial charge in [-0.3, -0.25) is 9.59 Å². The Hall–Kier alpha value is -2.25. The zero-order chi connectivity index (χ0) is 20.9. The van der Waals surface area contributed by atoms with Crippen molar-refractivity contribution in [1.82, 2.24) is 5.32 Å². The normalized spacial score (nSPS) is 15.3. The lowest BCUT2D eigenvalue weighted by molar-refractivity contribution is -0.137. The third-order valence-corrected chi connectivity index (χ3v) is 4.43. The van der Waals surface area contributed by atoms with Gasteiger partial charge in [-0.2, -0.15) is 13.2 Å². The summed E-state index contributed by atoms with van der Waals surface area (Å²) in [5, 5.41) is 5.06. The van der Waals surface area contributed by atoms with Crippen LogP contribution in [0.1, 0.15) is 52.0 Å². The van der Waals surface area contributed by atoms with E-state index in [9.17, 15) is 22.8 Å². The highest BCUT2D eigenvalue weighted by molar-refractivity contribution is 5.97. The van der Waals surface area contributed by atoms with Crippen LogP contribution in [0, 0.1) is 5.41 Å². The monoisotopic (exact) mass is 399 g/mol. The fourth-order valence-electron chi connectivity index (χ4n) is 3.14. The predicted octanol–water partition coefficient (Wildman–Crippen LogP) is 4.19. The Balaban J connectivity index is 2.12. The van der Waals surface area contributed by atoms with E-state index in [4.69, 9.17) is 0 Å². The highest BCUT2D eigenvalue weighted by Crippen LogP contribution is 2.36. The molecular formula is C20H28F3N3O2. The van der Waals surface area contributed by atoms with E-state index in [0.29, 0.717) is 5.69 Å².